The van der Waals surface area contributed by atoms with E-state index in [0.29, 0.717) is 37.5 Å². The van der Waals surface area contributed by atoms with E-state index in [2.05, 4.69) is 11.6 Å². The van der Waals surface area contributed by atoms with Gasteiger partial charge in [0.05, 0.1) is 18.0 Å². The molecule has 32 heavy (non-hydrogen) atoms. The average molecular weight is 460 g/mol. The van der Waals surface area contributed by atoms with Crippen molar-refractivity contribution in [3.8, 4) is 5.75 Å². The number of methoxy groups -OCH3 is 1. The topological polar surface area (TPSA) is 96.0 Å². The number of nitrogens with one attached hydrogen (secondary N) is 1. The van der Waals surface area contributed by atoms with Gasteiger partial charge in [0.1, 0.15) is 5.75 Å². The van der Waals surface area contributed by atoms with E-state index in [9.17, 15) is 18.0 Å². The second-order valence-electron chi connectivity index (χ2n) is 7.69. The van der Waals surface area contributed by atoms with Gasteiger partial charge in [-0.2, -0.15) is 4.72 Å². The van der Waals surface area contributed by atoms with Crippen molar-refractivity contribution < 1.29 is 22.7 Å². The molecule has 0 spiro atoms. The smallest absolute Gasteiger partial charge is 0.253 e. The number of piperazine rings is 1. The lowest BCUT2D eigenvalue weighted by Crippen LogP contribution is -2.55. The van der Waals surface area contributed by atoms with Crippen LogP contribution < -0.4 is 9.46 Å². The number of hydrogen-bond acceptors (Lipinski definition) is 5. The van der Waals surface area contributed by atoms with E-state index in [1.54, 1.807) is 21.9 Å². The maximum atomic E-state index is 12.8. The van der Waals surface area contributed by atoms with Crippen molar-refractivity contribution >= 4 is 21.8 Å². The second-order valence-corrected chi connectivity index (χ2v) is 9.40. The third kappa shape index (κ3) is 5.46. The maximum absolute atomic E-state index is 12.8. The van der Waals surface area contributed by atoms with Crippen LogP contribution in [0.4, 0.5) is 0 Å². The molecule has 1 atom stereocenters. The van der Waals surface area contributed by atoms with E-state index >= 15 is 0 Å². The summed E-state index contributed by atoms with van der Waals surface area (Å²) < 4.78 is 32.7. The van der Waals surface area contributed by atoms with E-state index in [-0.39, 0.29) is 16.7 Å². The minimum atomic E-state index is -3.85. The SMILES string of the molecule is CCc1ccc(C(=O)N2CCN(C(=O)[C@H](C)NS(=O)(=O)c3ccc(OC)cc3)CC2)cc1. The Morgan fingerprint density at radius 1 is 0.969 bits per heavy atom. The maximum Gasteiger partial charge on any atom is 0.253 e. The third-order valence-electron chi connectivity index (χ3n) is 5.56. The standard InChI is InChI=1S/C23H29N3O5S/c1-4-18-5-7-19(8-6-18)23(28)26-15-13-25(14-16-26)22(27)17(2)24-32(29,30)21-11-9-20(31-3)10-12-21/h5-12,17,24H,4,13-16H2,1-3H3/t17-/m0/s1. The molecular weight excluding hydrogens is 430 g/mol. The van der Waals surface area contributed by atoms with Crippen LogP contribution in [-0.4, -0.2) is 69.4 Å². The van der Waals surface area contributed by atoms with E-state index in [1.807, 2.05) is 24.3 Å². The van der Waals surface area contributed by atoms with Gasteiger partial charge in [-0.3, -0.25) is 9.59 Å². The van der Waals surface area contributed by atoms with Crippen LogP contribution in [0.3, 0.4) is 0 Å². The second kappa shape index (κ2) is 10.1. The number of benzene rings is 2. The molecule has 2 aromatic rings. The summed E-state index contributed by atoms with van der Waals surface area (Å²) in [4.78, 5) is 28.9. The first-order valence-electron chi connectivity index (χ1n) is 10.6. The quantitative estimate of drug-likeness (QED) is 0.682. The van der Waals surface area contributed by atoms with E-state index in [4.69, 9.17) is 4.74 Å². The largest absolute Gasteiger partial charge is 0.497 e. The molecule has 1 aliphatic heterocycles. The molecule has 0 bridgehead atoms. The number of carbonyl (C=O) groups is 2. The molecule has 2 aromatic carbocycles. The number of amides is 2. The van der Waals surface area contributed by atoms with Crippen molar-refractivity contribution in [1.82, 2.24) is 14.5 Å². The summed E-state index contributed by atoms with van der Waals surface area (Å²) in [5.74, 6) is 0.163. The van der Waals surface area contributed by atoms with E-state index in [0.717, 1.165) is 6.42 Å². The van der Waals surface area contributed by atoms with Gasteiger partial charge in [0.15, 0.2) is 0 Å². The summed E-state index contributed by atoms with van der Waals surface area (Å²) in [6.07, 6.45) is 0.912. The first-order chi connectivity index (χ1) is 15.2. The Labute approximate surface area is 189 Å². The van der Waals surface area contributed by atoms with Crippen LogP contribution in [0.15, 0.2) is 53.4 Å². The summed E-state index contributed by atoms with van der Waals surface area (Å²) in [6.45, 7) is 5.09. The van der Waals surface area contributed by atoms with Gasteiger partial charge in [0, 0.05) is 31.7 Å². The molecule has 0 saturated carbocycles. The summed E-state index contributed by atoms with van der Waals surface area (Å²) in [5.41, 5.74) is 1.80. The van der Waals surface area contributed by atoms with Gasteiger partial charge in [-0.05, 0) is 55.3 Å². The molecule has 0 aliphatic carbocycles. The van der Waals surface area contributed by atoms with E-state index < -0.39 is 16.1 Å². The zero-order chi connectivity index (χ0) is 23.3. The Balaban J connectivity index is 1.56. The van der Waals surface area contributed by atoms with Crippen LogP contribution in [-0.2, 0) is 21.2 Å². The number of hydrogen-bond donors (Lipinski definition) is 1. The lowest BCUT2D eigenvalue weighted by molar-refractivity contribution is -0.134. The highest BCUT2D eigenvalue weighted by atomic mass is 32.2. The molecule has 1 heterocycles. The lowest BCUT2D eigenvalue weighted by atomic mass is 10.1. The molecule has 0 radical (unpaired) electrons. The van der Waals surface area contributed by atoms with Crippen LogP contribution in [0.5, 0.6) is 5.75 Å². The summed E-state index contributed by atoms with van der Waals surface area (Å²) in [5, 5.41) is 0. The highest BCUT2D eigenvalue weighted by Crippen LogP contribution is 2.16. The molecule has 1 aliphatic rings. The van der Waals surface area contributed by atoms with Crippen LogP contribution in [0.25, 0.3) is 0 Å². The first-order valence-corrected chi connectivity index (χ1v) is 12.1. The molecule has 1 saturated heterocycles. The zero-order valence-electron chi connectivity index (χ0n) is 18.6. The van der Waals surface area contributed by atoms with Crippen molar-refractivity contribution in [3.63, 3.8) is 0 Å². The van der Waals surface area contributed by atoms with Crippen molar-refractivity contribution in [2.24, 2.45) is 0 Å². The molecule has 9 heteroatoms. The molecule has 1 fully saturated rings. The normalized spacial score (nSPS) is 15.3. The molecule has 172 valence electrons. The van der Waals surface area contributed by atoms with Crippen LogP contribution in [0.1, 0.15) is 29.8 Å². The van der Waals surface area contributed by atoms with Gasteiger partial charge in [0.2, 0.25) is 15.9 Å². The first kappa shape index (κ1) is 23.7. The predicted molar refractivity (Wildman–Crippen MR) is 121 cm³/mol. The Kier molecular flexibility index (Phi) is 7.52. The zero-order valence-corrected chi connectivity index (χ0v) is 19.4. The van der Waals surface area contributed by atoms with Crippen molar-refractivity contribution in [2.45, 2.75) is 31.2 Å². The van der Waals surface area contributed by atoms with Gasteiger partial charge in [-0.15, -0.1) is 0 Å². The number of rotatable bonds is 7. The Hall–Kier alpha value is -2.91. The average Bonchev–Trinajstić information content (AvgIpc) is 2.83. The molecular formula is C23H29N3O5S. The minimum Gasteiger partial charge on any atom is -0.497 e. The van der Waals surface area contributed by atoms with Crippen molar-refractivity contribution in [1.29, 1.82) is 0 Å². The molecule has 1 N–H and O–H groups in total. The number of aryl methyl sites for hydroxylation is 1. The summed E-state index contributed by atoms with van der Waals surface area (Å²) in [6, 6.07) is 12.6. The third-order valence-corrected chi connectivity index (χ3v) is 7.12. The summed E-state index contributed by atoms with van der Waals surface area (Å²) in [7, 11) is -2.35. The van der Waals surface area contributed by atoms with Gasteiger partial charge in [-0.1, -0.05) is 19.1 Å². The Bertz CT molecular complexity index is 1040. The van der Waals surface area contributed by atoms with Gasteiger partial charge < -0.3 is 14.5 Å². The van der Waals surface area contributed by atoms with E-state index in [1.165, 1.54) is 31.7 Å². The van der Waals surface area contributed by atoms with Crippen molar-refractivity contribution in [2.75, 3.05) is 33.3 Å². The highest BCUT2D eigenvalue weighted by Gasteiger charge is 2.29. The summed E-state index contributed by atoms with van der Waals surface area (Å²) >= 11 is 0. The highest BCUT2D eigenvalue weighted by molar-refractivity contribution is 7.89. The fourth-order valence-electron chi connectivity index (χ4n) is 3.58. The number of sulfonamides is 1. The minimum absolute atomic E-state index is 0.0578. The lowest BCUT2D eigenvalue weighted by Gasteiger charge is -2.36. The molecule has 8 nitrogen and oxygen atoms in total. The predicted octanol–water partition coefficient (Wildman–Crippen LogP) is 1.91. The van der Waals surface area contributed by atoms with Crippen LogP contribution >= 0.6 is 0 Å². The molecule has 3 rings (SSSR count). The number of nitrogens with zero attached hydrogens (tertiary/aromatic N) is 2. The van der Waals surface area contributed by atoms with Gasteiger partial charge >= 0.3 is 0 Å². The fourth-order valence-corrected chi connectivity index (χ4v) is 4.77. The van der Waals surface area contributed by atoms with Crippen molar-refractivity contribution in [3.05, 3.63) is 59.7 Å². The Morgan fingerprint density at radius 2 is 1.53 bits per heavy atom. The van der Waals surface area contributed by atoms with Gasteiger partial charge in [0.25, 0.3) is 5.91 Å². The number of carbonyl (C=O) groups excluding carboxylic acids is 2. The monoisotopic (exact) mass is 459 g/mol. The van der Waals surface area contributed by atoms with Crippen LogP contribution in [0.2, 0.25) is 0 Å². The Morgan fingerprint density at radius 3 is 2.06 bits per heavy atom. The van der Waals surface area contributed by atoms with Gasteiger partial charge in [-0.25, -0.2) is 8.42 Å². The molecule has 0 aromatic heterocycles. The molecule has 0 unspecified atom stereocenters. The fraction of sp³-hybridized carbons (Fsp3) is 0.391. The molecule has 2 amide bonds. The van der Waals surface area contributed by atoms with Crippen LogP contribution in [0, 0.1) is 0 Å². The number of ether oxygens (including phenoxy) is 1.